The van der Waals surface area contributed by atoms with Crippen LogP contribution in [0.4, 0.5) is 10.3 Å². The van der Waals surface area contributed by atoms with Crippen LogP contribution >= 0.6 is 0 Å². The van der Waals surface area contributed by atoms with E-state index in [1.54, 1.807) is 19.2 Å². The first-order valence-corrected chi connectivity index (χ1v) is 8.68. The number of hydrogen-bond acceptors (Lipinski definition) is 3. The van der Waals surface area contributed by atoms with Gasteiger partial charge in [0, 0.05) is 24.2 Å². The number of benzene rings is 2. The summed E-state index contributed by atoms with van der Waals surface area (Å²) in [6.07, 6.45) is 4.70. The Hall–Kier alpha value is -2.69. The van der Waals surface area contributed by atoms with Crippen LogP contribution in [0, 0.1) is 5.82 Å². The molecule has 0 saturated heterocycles. The summed E-state index contributed by atoms with van der Waals surface area (Å²) >= 11 is 0. The van der Waals surface area contributed by atoms with Crippen molar-refractivity contribution in [2.45, 2.75) is 31.7 Å². The molecule has 1 fully saturated rings. The fourth-order valence-electron chi connectivity index (χ4n) is 3.86. The molecule has 1 saturated carbocycles. The highest BCUT2D eigenvalue weighted by molar-refractivity contribution is 6.14. The first-order valence-electron chi connectivity index (χ1n) is 8.68. The number of aromatic nitrogens is 2. The van der Waals surface area contributed by atoms with Gasteiger partial charge >= 0.3 is 0 Å². The van der Waals surface area contributed by atoms with Crippen LogP contribution < -0.4 is 5.73 Å². The SMILES string of the molecule is CN=C(c1ccc2nc(N)n(C3CCCC3)c2c1)c1ccccc1F. The molecule has 1 heterocycles. The van der Waals surface area contributed by atoms with Crippen molar-refractivity contribution in [3.05, 3.63) is 59.4 Å². The minimum Gasteiger partial charge on any atom is -0.369 e. The van der Waals surface area contributed by atoms with Crippen LogP contribution in [0.1, 0.15) is 42.9 Å². The predicted molar refractivity (Wildman–Crippen MR) is 99.6 cm³/mol. The molecule has 0 amide bonds. The number of aliphatic imine (C=N–C) groups is 1. The monoisotopic (exact) mass is 336 g/mol. The number of halogens is 1. The molecule has 0 spiro atoms. The van der Waals surface area contributed by atoms with Crippen LogP contribution in [0.2, 0.25) is 0 Å². The minimum atomic E-state index is -0.271. The molecule has 0 atom stereocenters. The standard InChI is InChI=1S/C20H21FN4/c1-23-19(15-8-4-5-9-16(15)21)13-10-11-17-18(12-13)25(20(22)24-17)14-6-2-3-7-14/h4-5,8-12,14H,2-3,6-7H2,1H3,(H2,22,24). The molecule has 1 aliphatic rings. The van der Waals surface area contributed by atoms with E-state index in [9.17, 15) is 4.39 Å². The Labute approximate surface area is 146 Å². The van der Waals surface area contributed by atoms with Gasteiger partial charge in [0.25, 0.3) is 0 Å². The maximum atomic E-state index is 14.2. The number of hydrogen-bond donors (Lipinski definition) is 1. The number of imidazole rings is 1. The number of fused-ring (bicyclic) bond motifs is 1. The van der Waals surface area contributed by atoms with Gasteiger partial charge in [-0.3, -0.25) is 4.99 Å². The van der Waals surface area contributed by atoms with Gasteiger partial charge in [-0.05, 0) is 37.1 Å². The van der Waals surface area contributed by atoms with E-state index < -0.39 is 0 Å². The number of nitrogen functional groups attached to an aromatic ring is 1. The third-order valence-electron chi connectivity index (χ3n) is 5.03. The van der Waals surface area contributed by atoms with Crippen LogP contribution in [0.5, 0.6) is 0 Å². The lowest BCUT2D eigenvalue weighted by Crippen LogP contribution is -2.09. The number of rotatable bonds is 3. The van der Waals surface area contributed by atoms with Gasteiger partial charge in [-0.1, -0.05) is 31.0 Å². The van der Waals surface area contributed by atoms with Gasteiger partial charge in [-0.25, -0.2) is 9.37 Å². The zero-order valence-electron chi connectivity index (χ0n) is 14.2. The molecule has 4 rings (SSSR count). The zero-order valence-corrected chi connectivity index (χ0v) is 14.2. The first-order chi connectivity index (χ1) is 12.2. The van der Waals surface area contributed by atoms with Crippen molar-refractivity contribution in [3.63, 3.8) is 0 Å². The Balaban J connectivity index is 1.85. The van der Waals surface area contributed by atoms with Gasteiger partial charge in [-0.15, -0.1) is 0 Å². The van der Waals surface area contributed by atoms with E-state index in [1.165, 1.54) is 18.9 Å². The molecule has 3 aromatic rings. The van der Waals surface area contributed by atoms with E-state index in [1.807, 2.05) is 24.3 Å². The van der Waals surface area contributed by atoms with Crippen molar-refractivity contribution in [1.29, 1.82) is 0 Å². The van der Waals surface area contributed by atoms with Crippen molar-refractivity contribution >= 4 is 22.7 Å². The first kappa shape index (κ1) is 15.8. The van der Waals surface area contributed by atoms with E-state index >= 15 is 0 Å². The van der Waals surface area contributed by atoms with Gasteiger partial charge in [0.15, 0.2) is 0 Å². The molecular weight excluding hydrogens is 315 g/mol. The lowest BCUT2D eigenvalue weighted by Gasteiger charge is -2.15. The number of nitrogens with zero attached hydrogens (tertiary/aromatic N) is 3. The lowest BCUT2D eigenvalue weighted by molar-refractivity contribution is 0.539. The van der Waals surface area contributed by atoms with Crippen molar-refractivity contribution in [2.75, 3.05) is 12.8 Å². The maximum absolute atomic E-state index is 14.2. The molecule has 0 aliphatic heterocycles. The molecule has 0 unspecified atom stereocenters. The normalized spacial score (nSPS) is 16.0. The zero-order chi connectivity index (χ0) is 17.4. The smallest absolute Gasteiger partial charge is 0.201 e. The van der Waals surface area contributed by atoms with Crippen LogP contribution in [-0.4, -0.2) is 22.3 Å². The van der Waals surface area contributed by atoms with E-state index in [4.69, 9.17) is 5.73 Å². The largest absolute Gasteiger partial charge is 0.369 e. The molecule has 5 heteroatoms. The highest BCUT2D eigenvalue weighted by atomic mass is 19.1. The summed E-state index contributed by atoms with van der Waals surface area (Å²) in [5, 5.41) is 0. The van der Waals surface area contributed by atoms with Crippen LogP contribution in [0.15, 0.2) is 47.5 Å². The van der Waals surface area contributed by atoms with E-state index in [0.29, 0.717) is 23.3 Å². The van der Waals surface area contributed by atoms with Crippen molar-refractivity contribution in [2.24, 2.45) is 4.99 Å². The number of nitrogens with two attached hydrogens (primary N) is 1. The highest BCUT2D eigenvalue weighted by Gasteiger charge is 2.22. The second-order valence-electron chi connectivity index (χ2n) is 6.53. The molecule has 0 radical (unpaired) electrons. The summed E-state index contributed by atoms with van der Waals surface area (Å²) in [5.74, 6) is 0.284. The Morgan fingerprint density at radius 1 is 1.20 bits per heavy atom. The topological polar surface area (TPSA) is 56.2 Å². The summed E-state index contributed by atoms with van der Waals surface area (Å²) in [4.78, 5) is 8.85. The molecular formula is C20H21FN4. The van der Waals surface area contributed by atoms with Gasteiger partial charge in [0.2, 0.25) is 5.95 Å². The summed E-state index contributed by atoms with van der Waals surface area (Å²) in [7, 11) is 1.69. The van der Waals surface area contributed by atoms with Crippen LogP contribution in [0.3, 0.4) is 0 Å². The molecule has 2 N–H and O–H groups in total. The number of anilines is 1. The van der Waals surface area contributed by atoms with Crippen LogP contribution in [0.25, 0.3) is 11.0 Å². The minimum absolute atomic E-state index is 0.271. The Morgan fingerprint density at radius 2 is 1.96 bits per heavy atom. The van der Waals surface area contributed by atoms with Gasteiger partial charge in [0.05, 0.1) is 16.7 Å². The molecule has 128 valence electrons. The average Bonchev–Trinajstić information content (AvgIpc) is 3.23. The summed E-state index contributed by atoms with van der Waals surface area (Å²) in [6.45, 7) is 0. The molecule has 0 bridgehead atoms. The summed E-state index contributed by atoms with van der Waals surface area (Å²) < 4.78 is 16.4. The van der Waals surface area contributed by atoms with Crippen molar-refractivity contribution < 1.29 is 4.39 Å². The van der Waals surface area contributed by atoms with E-state index in [-0.39, 0.29) is 5.82 Å². The van der Waals surface area contributed by atoms with Crippen LogP contribution in [-0.2, 0) is 0 Å². The second kappa shape index (κ2) is 6.31. The average molecular weight is 336 g/mol. The van der Waals surface area contributed by atoms with Crippen molar-refractivity contribution in [1.82, 2.24) is 9.55 Å². The molecule has 1 aliphatic carbocycles. The van der Waals surface area contributed by atoms with E-state index in [2.05, 4.69) is 14.5 Å². The Bertz CT molecular complexity index is 951. The van der Waals surface area contributed by atoms with Gasteiger partial charge < -0.3 is 10.3 Å². The predicted octanol–water partition coefficient (Wildman–Crippen LogP) is 4.34. The fraction of sp³-hybridized carbons (Fsp3) is 0.300. The quantitative estimate of drug-likeness (QED) is 0.723. The van der Waals surface area contributed by atoms with E-state index in [0.717, 1.165) is 29.4 Å². The molecule has 2 aromatic carbocycles. The van der Waals surface area contributed by atoms with Gasteiger partial charge in [-0.2, -0.15) is 0 Å². The Kier molecular flexibility index (Phi) is 3.99. The summed E-state index contributed by atoms with van der Waals surface area (Å²) in [6, 6.07) is 13.0. The highest BCUT2D eigenvalue weighted by Crippen LogP contribution is 2.35. The fourth-order valence-corrected chi connectivity index (χ4v) is 3.86. The van der Waals surface area contributed by atoms with Crippen molar-refractivity contribution in [3.8, 4) is 0 Å². The second-order valence-corrected chi connectivity index (χ2v) is 6.53. The van der Waals surface area contributed by atoms with Gasteiger partial charge in [0.1, 0.15) is 5.82 Å². The third-order valence-corrected chi connectivity index (χ3v) is 5.03. The lowest BCUT2D eigenvalue weighted by atomic mass is 10.0. The molecule has 4 nitrogen and oxygen atoms in total. The third kappa shape index (κ3) is 2.69. The Morgan fingerprint density at radius 3 is 2.68 bits per heavy atom. The summed E-state index contributed by atoms with van der Waals surface area (Å²) in [5.41, 5.74) is 10.1. The maximum Gasteiger partial charge on any atom is 0.201 e. The molecule has 1 aromatic heterocycles. The molecule has 25 heavy (non-hydrogen) atoms.